The number of fused-ring (bicyclic) bond motifs is 1. The number of anilines is 1. The quantitative estimate of drug-likeness (QED) is 0.445. The van der Waals surface area contributed by atoms with E-state index in [0.717, 1.165) is 16.0 Å². The molecule has 0 saturated heterocycles. The lowest BCUT2D eigenvalue weighted by atomic mass is 10.3. The summed E-state index contributed by atoms with van der Waals surface area (Å²) in [5, 5.41) is 28.0. The van der Waals surface area contributed by atoms with Gasteiger partial charge in [0.05, 0.1) is 20.2 Å². The van der Waals surface area contributed by atoms with Gasteiger partial charge in [-0.1, -0.05) is 11.3 Å². The molecule has 29 heavy (non-hydrogen) atoms. The zero-order valence-electron chi connectivity index (χ0n) is 14.4. The van der Waals surface area contributed by atoms with Gasteiger partial charge in [-0.25, -0.2) is 4.98 Å². The third kappa shape index (κ3) is 4.23. The van der Waals surface area contributed by atoms with Gasteiger partial charge in [0.2, 0.25) is 5.91 Å². The monoisotopic (exact) mass is 428 g/mol. The number of halogens is 2. The molecule has 3 aromatic rings. The van der Waals surface area contributed by atoms with Crippen molar-refractivity contribution in [1.29, 1.82) is 0 Å². The van der Waals surface area contributed by atoms with E-state index in [1.807, 2.05) is 0 Å². The molecule has 2 heterocycles. The standard InChI is InChI=1S/C14H10F2N6O6S/c1-6-11(21(24)25)12(22(26)27)19-20(6)5-10(23)18-14-17-8-3-2-7(28-13(15)16)4-9(8)29-14/h2-4,13H,5H2,1H3,(H,17,18,23). The zero-order chi connectivity index (χ0) is 21.3. The van der Waals surface area contributed by atoms with Gasteiger partial charge >= 0.3 is 18.1 Å². The Balaban J connectivity index is 1.78. The van der Waals surface area contributed by atoms with Crippen LogP contribution in [0.2, 0.25) is 0 Å². The second-order valence-electron chi connectivity index (χ2n) is 5.50. The molecule has 0 fully saturated rings. The van der Waals surface area contributed by atoms with Gasteiger partial charge in [-0.05, 0) is 30.0 Å². The minimum Gasteiger partial charge on any atom is -0.435 e. The lowest BCUT2D eigenvalue weighted by molar-refractivity contribution is -0.424. The van der Waals surface area contributed by atoms with Crippen LogP contribution < -0.4 is 10.1 Å². The first-order valence-corrected chi connectivity index (χ1v) is 8.48. The number of nitrogens with zero attached hydrogens (tertiary/aromatic N) is 5. The molecule has 15 heteroatoms. The van der Waals surface area contributed by atoms with Gasteiger partial charge in [-0.3, -0.25) is 14.9 Å². The van der Waals surface area contributed by atoms with Gasteiger partial charge in [0, 0.05) is 0 Å². The summed E-state index contributed by atoms with van der Waals surface area (Å²) in [5.74, 6) is -1.73. The second kappa shape index (κ2) is 7.70. The molecule has 0 spiro atoms. The highest BCUT2D eigenvalue weighted by atomic mass is 32.1. The van der Waals surface area contributed by atoms with E-state index in [1.54, 1.807) is 0 Å². The van der Waals surface area contributed by atoms with Crippen molar-refractivity contribution in [3.63, 3.8) is 0 Å². The van der Waals surface area contributed by atoms with Crippen LogP contribution in [0.1, 0.15) is 5.69 Å². The molecule has 3 rings (SSSR count). The highest BCUT2D eigenvalue weighted by Gasteiger charge is 2.35. The number of carbonyl (C=O) groups excluding carboxylic acids is 1. The summed E-state index contributed by atoms with van der Waals surface area (Å²) in [7, 11) is 0. The van der Waals surface area contributed by atoms with E-state index in [-0.39, 0.29) is 16.6 Å². The number of thiazole rings is 1. The lowest BCUT2D eigenvalue weighted by Crippen LogP contribution is -2.20. The van der Waals surface area contributed by atoms with E-state index >= 15 is 0 Å². The molecule has 0 aliphatic rings. The van der Waals surface area contributed by atoms with Crippen molar-refractivity contribution in [2.24, 2.45) is 0 Å². The highest BCUT2D eigenvalue weighted by Crippen LogP contribution is 2.31. The number of amides is 1. The Kier molecular flexibility index (Phi) is 5.31. The third-order valence-electron chi connectivity index (χ3n) is 3.64. The average Bonchev–Trinajstić information content (AvgIpc) is 3.14. The molecule has 0 aliphatic heterocycles. The van der Waals surface area contributed by atoms with Gasteiger partial charge in [0.25, 0.3) is 0 Å². The summed E-state index contributed by atoms with van der Waals surface area (Å²) in [5.41, 5.74) is -0.530. The van der Waals surface area contributed by atoms with E-state index in [2.05, 4.69) is 20.1 Å². The molecule has 0 unspecified atom stereocenters. The maximum absolute atomic E-state index is 12.3. The van der Waals surface area contributed by atoms with Crippen molar-refractivity contribution < 1.29 is 28.2 Å². The number of aromatic nitrogens is 3. The molecule has 1 amide bonds. The van der Waals surface area contributed by atoms with E-state index in [9.17, 15) is 33.8 Å². The van der Waals surface area contributed by atoms with Crippen LogP contribution in [0.4, 0.5) is 25.4 Å². The summed E-state index contributed by atoms with van der Waals surface area (Å²) in [4.78, 5) is 36.3. The second-order valence-corrected chi connectivity index (χ2v) is 6.54. The minimum absolute atomic E-state index is 0.0687. The van der Waals surface area contributed by atoms with Gasteiger partial charge in [0.15, 0.2) is 5.13 Å². The first-order chi connectivity index (χ1) is 13.7. The Morgan fingerprint density at radius 3 is 2.66 bits per heavy atom. The summed E-state index contributed by atoms with van der Waals surface area (Å²) in [6, 6.07) is 4.06. The zero-order valence-corrected chi connectivity index (χ0v) is 15.2. The molecule has 1 N–H and O–H groups in total. The number of nitrogens with one attached hydrogen (secondary N) is 1. The van der Waals surface area contributed by atoms with Crippen LogP contribution in [0.5, 0.6) is 5.75 Å². The molecule has 0 bridgehead atoms. The van der Waals surface area contributed by atoms with Crippen LogP contribution in [0, 0.1) is 27.2 Å². The number of hydrogen-bond acceptors (Lipinski definition) is 9. The first kappa shape index (κ1) is 20.0. The number of ether oxygens (including phenoxy) is 1. The summed E-state index contributed by atoms with van der Waals surface area (Å²) in [6.45, 7) is -2.28. The molecule has 0 atom stereocenters. The normalized spacial score (nSPS) is 11.0. The van der Waals surface area contributed by atoms with E-state index in [0.29, 0.717) is 10.2 Å². The number of benzene rings is 1. The Labute approximate surface area is 163 Å². The van der Waals surface area contributed by atoms with E-state index in [4.69, 9.17) is 0 Å². The molecule has 0 saturated carbocycles. The van der Waals surface area contributed by atoms with Crippen molar-refractivity contribution >= 4 is 44.1 Å². The van der Waals surface area contributed by atoms with Crippen LogP contribution in [-0.2, 0) is 11.3 Å². The Morgan fingerprint density at radius 1 is 1.34 bits per heavy atom. The average molecular weight is 428 g/mol. The van der Waals surface area contributed by atoms with Crippen molar-refractivity contribution in [3.8, 4) is 5.75 Å². The van der Waals surface area contributed by atoms with E-state index in [1.165, 1.54) is 25.1 Å². The number of carbonyl (C=O) groups is 1. The van der Waals surface area contributed by atoms with Crippen molar-refractivity contribution in [3.05, 3.63) is 44.1 Å². The molecular weight excluding hydrogens is 418 g/mol. The molecule has 1 aromatic carbocycles. The maximum atomic E-state index is 12.3. The van der Waals surface area contributed by atoms with E-state index < -0.39 is 40.4 Å². The summed E-state index contributed by atoms with van der Waals surface area (Å²) >= 11 is 0.986. The van der Waals surface area contributed by atoms with Crippen molar-refractivity contribution in [1.82, 2.24) is 14.8 Å². The Hall–Kier alpha value is -3.75. The molecule has 2 aromatic heterocycles. The van der Waals surface area contributed by atoms with Gasteiger partial charge < -0.3 is 20.2 Å². The molecule has 152 valence electrons. The fourth-order valence-corrected chi connectivity index (χ4v) is 3.35. The number of alkyl halides is 2. The van der Waals surface area contributed by atoms with Crippen molar-refractivity contribution in [2.45, 2.75) is 20.1 Å². The van der Waals surface area contributed by atoms with Gasteiger partial charge in [-0.2, -0.15) is 13.5 Å². The summed E-state index contributed by atoms with van der Waals surface area (Å²) in [6.07, 6.45) is 0. The smallest absolute Gasteiger partial charge is 0.435 e. The predicted molar refractivity (Wildman–Crippen MR) is 95.2 cm³/mol. The number of rotatable bonds is 7. The molecule has 0 aliphatic carbocycles. The largest absolute Gasteiger partial charge is 0.468 e. The highest BCUT2D eigenvalue weighted by molar-refractivity contribution is 7.22. The molecule has 0 radical (unpaired) electrons. The number of nitro groups is 2. The van der Waals surface area contributed by atoms with Crippen LogP contribution in [0.15, 0.2) is 18.2 Å². The maximum Gasteiger partial charge on any atom is 0.468 e. The van der Waals surface area contributed by atoms with Crippen LogP contribution in [0.25, 0.3) is 10.2 Å². The Bertz CT molecular complexity index is 1130. The third-order valence-corrected chi connectivity index (χ3v) is 4.57. The topological polar surface area (TPSA) is 155 Å². The molecular formula is C14H10F2N6O6S. The SMILES string of the molecule is Cc1c([N+](=O)[O-])c([N+](=O)[O-])nn1CC(=O)Nc1nc2ccc(OC(F)F)cc2s1. The predicted octanol–water partition coefficient (Wildman–Crippen LogP) is 2.86. The summed E-state index contributed by atoms with van der Waals surface area (Å²) < 4.78 is 30.2. The minimum atomic E-state index is -2.98. The molecule has 12 nitrogen and oxygen atoms in total. The van der Waals surface area contributed by atoms with Crippen LogP contribution >= 0.6 is 11.3 Å². The lowest BCUT2D eigenvalue weighted by Gasteiger charge is -2.02. The number of hydrogen-bond donors (Lipinski definition) is 1. The Morgan fingerprint density at radius 2 is 2.07 bits per heavy atom. The first-order valence-electron chi connectivity index (χ1n) is 7.67. The van der Waals surface area contributed by atoms with Crippen LogP contribution in [-0.4, -0.2) is 37.1 Å². The van der Waals surface area contributed by atoms with Gasteiger partial charge in [-0.15, -0.1) is 0 Å². The van der Waals surface area contributed by atoms with Gasteiger partial charge in [0.1, 0.15) is 18.0 Å². The fraction of sp³-hybridized carbons (Fsp3) is 0.214. The van der Waals surface area contributed by atoms with Crippen molar-refractivity contribution in [2.75, 3.05) is 5.32 Å². The fourth-order valence-electron chi connectivity index (χ4n) is 2.44. The van der Waals surface area contributed by atoms with Crippen LogP contribution in [0.3, 0.4) is 0 Å².